The van der Waals surface area contributed by atoms with E-state index in [-0.39, 0.29) is 16.9 Å². The van der Waals surface area contributed by atoms with Crippen LogP contribution in [0.15, 0.2) is 12.1 Å². The molecule has 5 nitrogen and oxygen atoms in total. The van der Waals surface area contributed by atoms with Crippen LogP contribution in [0.5, 0.6) is 0 Å². The lowest BCUT2D eigenvalue weighted by Gasteiger charge is -2.19. The molecular weight excluding hydrogens is 254 g/mol. The first-order valence-electron chi connectivity index (χ1n) is 5.59. The summed E-state index contributed by atoms with van der Waals surface area (Å²) < 4.78 is 5.24. The van der Waals surface area contributed by atoms with Gasteiger partial charge in [0.1, 0.15) is 4.88 Å². The van der Waals surface area contributed by atoms with Crippen LogP contribution in [0.3, 0.4) is 0 Å². The lowest BCUT2D eigenvalue weighted by Crippen LogP contribution is -2.35. The van der Waals surface area contributed by atoms with Gasteiger partial charge in [-0.1, -0.05) is 13.8 Å². The van der Waals surface area contributed by atoms with Gasteiger partial charge in [-0.05, 0) is 18.1 Å². The summed E-state index contributed by atoms with van der Waals surface area (Å²) in [5.74, 6) is -0.987. The molecule has 1 rings (SSSR count). The molecule has 0 bridgehead atoms. The molecule has 0 saturated carbocycles. The first-order chi connectivity index (χ1) is 8.45. The maximum Gasteiger partial charge on any atom is 0.345 e. The van der Waals surface area contributed by atoms with Crippen LogP contribution in [0.25, 0.3) is 0 Å². The van der Waals surface area contributed by atoms with Crippen molar-refractivity contribution in [2.24, 2.45) is 5.92 Å². The molecule has 0 fully saturated rings. The second-order valence-corrected chi connectivity index (χ2v) is 5.28. The number of hydrogen-bond donors (Lipinski definition) is 2. The van der Waals surface area contributed by atoms with E-state index < -0.39 is 5.97 Å². The number of carboxylic acids is 1. The third-order valence-corrected chi connectivity index (χ3v) is 3.62. The van der Waals surface area contributed by atoms with Crippen molar-refractivity contribution in [3.05, 3.63) is 21.9 Å². The number of nitrogens with one attached hydrogen (secondary N) is 1. The lowest BCUT2D eigenvalue weighted by molar-refractivity contribution is 0.0606. The maximum absolute atomic E-state index is 11.8. The number of ether oxygens (including phenoxy) is 1. The van der Waals surface area contributed by atoms with Gasteiger partial charge in [0.25, 0.3) is 5.91 Å². The number of methoxy groups -OCH3 is 1. The summed E-state index contributed by atoms with van der Waals surface area (Å²) in [6, 6.07) is 2.94. The smallest absolute Gasteiger partial charge is 0.345 e. The van der Waals surface area contributed by atoms with Crippen LogP contribution in [0, 0.1) is 5.92 Å². The molecule has 100 valence electrons. The van der Waals surface area contributed by atoms with Gasteiger partial charge in [-0.25, -0.2) is 4.79 Å². The minimum Gasteiger partial charge on any atom is -0.477 e. The Hall–Kier alpha value is -1.40. The molecule has 2 N–H and O–H groups in total. The van der Waals surface area contributed by atoms with Crippen LogP contribution in [0.2, 0.25) is 0 Å². The third kappa shape index (κ3) is 3.82. The monoisotopic (exact) mass is 271 g/mol. The zero-order valence-electron chi connectivity index (χ0n) is 10.6. The third-order valence-electron chi connectivity index (χ3n) is 2.55. The summed E-state index contributed by atoms with van der Waals surface area (Å²) in [5, 5.41) is 11.5. The normalized spacial score (nSPS) is 12.4. The Balaban J connectivity index is 2.57. The first-order valence-corrected chi connectivity index (χ1v) is 6.41. The van der Waals surface area contributed by atoms with Crippen LogP contribution < -0.4 is 5.32 Å². The van der Waals surface area contributed by atoms with Crippen molar-refractivity contribution in [3.8, 4) is 0 Å². The fourth-order valence-electron chi connectivity index (χ4n) is 1.45. The molecule has 1 aromatic heterocycles. The molecular formula is C12H17NO4S. The molecule has 1 unspecified atom stereocenters. The second kappa shape index (κ2) is 6.51. The molecule has 0 radical (unpaired) electrons. The van der Waals surface area contributed by atoms with Crippen molar-refractivity contribution in [2.45, 2.75) is 20.0 Å². The topological polar surface area (TPSA) is 75.6 Å². The Labute approximate surface area is 110 Å². The summed E-state index contributed by atoms with van der Waals surface area (Å²) in [6.45, 7) is 4.43. The van der Waals surface area contributed by atoms with Crippen LogP contribution in [-0.4, -0.2) is 36.7 Å². The first kappa shape index (κ1) is 14.7. The fraction of sp³-hybridized carbons (Fsp3) is 0.500. The van der Waals surface area contributed by atoms with Crippen LogP contribution in [0.4, 0.5) is 0 Å². The number of amides is 1. The van der Waals surface area contributed by atoms with E-state index in [0.717, 1.165) is 11.3 Å². The van der Waals surface area contributed by atoms with E-state index in [1.165, 1.54) is 12.1 Å². The summed E-state index contributed by atoms with van der Waals surface area (Å²) in [5.41, 5.74) is 0. The number of rotatable bonds is 6. The SMILES string of the molecule is COC(CNC(=O)c1ccc(C(=O)O)s1)C(C)C. The summed E-state index contributed by atoms with van der Waals surface area (Å²) in [7, 11) is 1.60. The van der Waals surface area contributed by atoms with E-state index in [1.54, 1.807) is 7.11 Å². The van der Waals surface area contributed by atoms with Crippen molar-refractivity contribution in [1.29, 1.82) is 0 Å². The highest BCUT2D eigenvalue weighted by molar-refractivity contribution is 7.15. The molecule has 0 aromatic carbocycles. The Kier molecular flexibility index (Phi) is 5.30. The number of carbonyl (C=O) groups is 2. The fourth-order valence-corrected chi connectivity index (χ4v) is 2.21. The Morgan fingerprint density at radius 1 is 1.39 bits per heavy atom. The summed E-state index contributed by atoms with van der Waals surface area (Å²) in [4.78, 5) is 23.0. The number of thiophene rings is 1. The highest BCUT2D eigenvalue weighted by Gasteiger charge is 2.16. The molecule has 6 heteroatoms. The lowest BCUT2D eigenvalue weighted by atomic mass is 10.1. The van der Waals surface area contributed by atoms with Crippen LogP contribution >= 0.6 is 11.3 Å². The van der Waals surface area contributed by atoms with E-state index in [4.69, 9.17) is 9.84 Å². The standard InChI is InChI=1S/C12H17NO4S/c1-7(2)8(17-3)6-13-11(14)9-4-5-10(18-9)12(15)16/h4-5,7-8H,6H2,1-3H3,(H,13,14)(H,15,16). The van der Waals surface area contributed by atoms with Gasteiger partial charge >= 0.3 is 5.97 Å². The Bertz CT molecular complexity index is 427. The molecule has 18 heavy (non-hydrogen) atoms. The Morgan fingerprint density at radius 3 is 2.44 bits per heavy atom. The van der Waals surface area contributed by atoms with Gasteiger partial charge in [-0.3, -0.25) is 4.79 Å². The number of carbonyl (C=O) groups excluding carboxylic acids is 1. The predicted octanol–water partition coefficient (Wildman–Crippen LogP) is 1.85. The molecule has 1 aromatic rings. The quantitative estimate of drug-likeness (QED) is 0.828. The molecule has 0 saturated heterocycles. The van der Waals surface area contributed by atoms with E-state index >= 15 is 0 Å². The molecule has 0 aliphatic rings. The molecule has 0 aliphatic carbocycles. The van der Waals surface area contributed by atoms with Gasteiger partial charge in [0, 0.05) is 13.7 Å². The predicted molar refractivity (Wildman–Crippen MR) is 69.2 cm³/mol. The minimum absolute atomic E-state index is 0.0483. The van der Waals surface area contributed by atoms with Gasteiger partial charge in [-0.15, -0.1) is 11.3 Å². The zero-order valence-corrected chi connectivity index (χ0v) is 11.4. The molecule has 0 spiro atoms. The molecule has 1 amide bonds. The molecule has 1 heterocycles. The van der Waals surface area contributed by atoms with Crippen LogP contribution in [0.1, 0.15) is 33.2 Å². The van der Waals surface area contributed by atoms with Gasteiger partial charge in [0.05, 0.1) is 11.0 Å². The Morgan fingerprint density at radius 2 is 2.00 bits per heavy atom. The number of hydrogen-bond acceptors (Lipinski definition) is 4. The second-order valence-electron chi connectivity index (χ2n) is 4.20. The number of aromatic carboxylic acids is 1. The van der Waals surface area contributed by atoms with Crippen molar-refractivity contribution in [1.82, 2.24) is 5.32 Å². The van der Waals surface area contributed by atoms with Gasteiger partial charge in [0.2, 0.25) is 0 Å². The van der Waals surface area contributed by atoms with Gasteiger partial charge < -0.3 is 15.2 Å². The van der Waals surface area contributed by atoms with Crippen LogP contribution in [-0.2, 0) is 4.74 Å². The highest BCUT2D eigenvalue weighted by atomic mass is 32.1. The highest BCUT2D eigenvalue weighted by Crippen LogP contribution is 2.16. The van der Waals surface area contributed by atoms with Crippen molar-refractivity contribution in [3.63, 3.8) is 0 Å². The minimum atomic E-state index is -1.02. The van der Waals surface area contributed by atoms with E-state index in [0.29, 0.717) is 17.3 Å². The zero-order chi connectivity index (χ0) is 13.7. The van der Waals surface area contributed by atoms with Crippen molar-refractivity contribution < 1.29 is 19.4 Å². The van der Waals surface area contributed by atoms with E-state index in [2.05, 4.69) is 5.32 Å². The molecule has 1 atom stereocenters. The molecule has 0 aliphatic heterocycles. The maximum atomic E-state index is 11.8. The summed E-state index contributed by atoms with van der Waals surface area (Å²) >= 11 is 0.964. The average molecular weight is 271 g/mol. The summed E-state index contributed by atoms with van der Waals surface area (Å²) in [6.07, 6.45) is -0.0483. The van der Waals surface area contributed by atoms with Gasteiger partial charge in [0.15, 0.2) is 0 Å². The van der Waals surface area contributed by atoms with Crippen molar-refractivity contribution >= 4 is 23.2 Å². The van der Waals surface area contributed by atoms with E-state index in [1.807, 2.05) is 13.8 Å². The van der Waals surface area contributed by atoms with E-state index in [9.17, 15) is 9.59 Å². The number of carboxylic acid groups (broad SMARTS) is 1. The largest absolute Gasteiger partial charge is 0.477 e. The average Bonchev–Trinajstić information content (AvgIpc) is 2.78. The van der Waals surface area contributed by atoms with Crippen molar-refractivity contribution in [2.75, 3.05) is 13.7 Å². The van der Waals surface area contributed by atoms with Gasteiger partial charge in [-0.2, -0.15) is 0 Å².